The lowest BCUT2D eigenvalue weighted by Crippen LogP contribution is -1.94. The smallest absolute Gasteiger partial charge is 0.00994 e. The van der Waals surface area contributed by atoms with Crippen LogP contribution in [0.25, 0.3) is 29.0 Å². The third kappa shape index (κ3) is 2.26. The van der Waals surface area contributed by atoms with E-state index in [1.54, 1.807) is 0 Å². The van der Waals surface area contributed by atoms with Crippen molar-refractivity contribution in [3.8, 4) is 0 Å². The fourth-order valence-corrected chi connectivity index (χ4v) is 2.63. The SMILES string of the molecule is C=Cc1c(/C=C\C)c(C)c(/C=C\C)c2ccccc12. The van der Waals surface area contributed by atoms with Crippen molar-refractivity contribution in [2.24, 2.45) is 0 Å². The molecule has 0 unspecified atom stereocenters. The lowest BCUT2D eigenvalue weighted by Gasteiger charge is -2.15. The molecule has 2 aromatic rings. The Kier molecular flexibility index (Phi) is 4.01. The predicted molar refractivity (Wildman–Crippen MR) is 88.2 cm³/mol. The first-order valence-corrected chi connectivity index (χ1v) is 6.67. The Labute approximate surface area is 115 Å². The second kappa shape index (κ2) is 5.71. The third-order valence-corrected chi connectivity index (χ3v) is 3.48. The number of rotatable bonds is 3. The topological polar surface area (TPSA) is 0 Å². The summed E-state index contributed by atoms with van der Waals surface area (Å²) >= 11 is 0. The van der Waals surface area contributed by atoms with Gasteiger partial charge in [-0.2, -0.15) is 0 Å². The van der Waals surface area contributed by atoms with Crippen LogP contribution in [-0.2, 0) is 0 Å². The lowest BCUT2D eigenvalue weighted by molar-refractivity contribution is 1.43. The van der Waals surface area contributed by atoms with Gasteiger partial charge in [-0.25, -0.2) is 0 Å². The Hall–Kier alpha value is -2.08. The second-order valence-corrected chi connectivity index (χ2v) is 4.62. The van der Waals surface area contributed by atoms with E-state index in [-0.39, 0.29) is 0 Å². The summed E-state index contributed by atoms with van der Waals surface area (Å²) in [6, 6.07) is 8.54. The number of hydrogen-bond acceptors (Lipinski definition) is 0. The van der Waals surface area contributed by atoms with Gasteiger partial charge in [0.25, 0.3) is 0 Å². The van der Waals surface area contributed by atoms with Crippen LogP contribution in [0.2, 0.25) is 0 Å². The van der Waals surface area contributed by atoms with Gasteiger partial charge in [-0.15, -0.1) is 0 Å². The van der Waals surface area contributed by atoms with Crippen molar-refractivity contribution in [1.29, 1.82) is 0 Å². The van der Waals surface area contributed by atoms with Gasteiger partial charge in [0.05, 0.1) is 0 Å². The summed E-state index contributed by atoms with van der Waals surface area (Å²) in [4.78, 5) is 0. The number of fused-ring (bicyclic) bond motifs is 1. The van der Waals surface area contributed by atoms with Crippen molar-refractivity contribution in [3.05, 3.63) is 65.3 Å². The van der Waals surface area contributed by atoms with E-state index in [4.69, 9.17) is 0 Å². The molecule has 0 spiro atoms. The van der Waals surface area contributed by atoms with Gasteiger partial charge in [-0.3, -0.25) is 0 Å². The maximum atomic E-state index is 3.99. The van der Waals surface area contributed by atoms with Crippen LogP contribution in [-0.4, -0.2) is 0 Å². The summed E-state index contributed by atoms with van der Waals surface area (Å²) in [7, 11) is 0. The molecule has 0 aliphatic carbocycles. The molecular formula is C19H20. The van der Waals surface area contributed by atoms with Crippen molar-refractivity contribution in [1.82, 2.24) is 0 Å². The molecule has 0 radical (unpaired) electrons. The highest BCUT2D eigenvalue weighted by atomic mass is 14.1. The fraction of sp³-hybridized carbons (Fsp3) is 0.158. The molecule has 0 amide bonds. The average molecular weight is 248 g/mol. The molecule has 0 aliphatic heterocycles. The minimum absolute atomic E-state index is 1.22. The molecule has 2 rings (SSSR count). The highest BCUT2D eigenvalue weighted by molar-refractivity contribution is 6.00. The maximum absolute atomic E-state index is 3.99. The summed E-state index contributed by atoms with van der Waals surface area (Å²) in [5.74, 6) is 0. The highest BCUT2D eigenvalue weighted by Gasteiger charge is 2.11. The van der Waals surface area contributed by atoms with Gasteiger partial charge >= 0.3 is 0 Å². The van der Waals surface area contributed by atoms with Gasteiger partial charge in [-0.1, -0.05) is 61.2 Å². The van der Waals surface area contributed by atoms with Crippen LogP contribution in [0, 0.1) is 6.92 Å². The van der Waals surface area contributed by atoms with Crippen LogP contribution < -0.4 is 0 Å². The zero-order chi connectivity index (χ0) is 13.8. The predicted octanol–water partition coefficient (Wildman–Crippen LogP) is 5.86. The summed E-state index contributed by atoms with van der Waals surface area (Å²) in [5, 5.41) is 2.56. The van der Waals surface area contributed by atoms with E-state index < -0.39 is 0 Å². The van der Waals surface area contributed by atoms with Gasteiger partial charge < -0.3 is 0 Å². The number of allylic oxidation sites excluding steroid dienone is 2. The van der Waals surface area contributed by atoms with Crippen molar-refractivity contribution in [2.75, 3.05) is 0 Å². The molecule has 0 heterocycles. The normalized spacial score (nSPS) is 11.7. The van der Waals surface area contributed by atoms with Crippen LogP contribution in [0.1, 0.15) is 36.1 Å². The molecule has 0 aromatic heterocycles. The van der Waals surface area contributed by atoms with Crippen LogP contribution in [0.5, 0.6) is 0 Å². The maximum Gasteiger partial charge on any atom is -0.00994 e. The Morgan fingerprint density at radius 2 is 1.37 bits per heavy atom. The zero-order valence-corrected chi connectivity index (χ0v) is 11.9. The molecule has 0 N–H and O–H groups in total. The Morgan fingerprint density at radius 3 is 1.89 bits per heavy atom. The first-order chi connectivity index (χ1) is 9.24. The molecule has 0 atom stereocenters. The molecule has 2 aromatic carbocycles. The third-order valence-electron chi connectivity index (χ3n) is 3.48. The molecule has 0 saturated heterocycles. The number of benzene rings is 2. The molecule has 96 valence electrons. The van der Waals surface area contributed by atoms with Gasteiger partial charge in [0, 0.05) is 0 Å². The summed E-state index contributed by atoms with van der Waals surface area (Å²) in [6.07, 6.45) is 10.5. The molecule has 0 fully saturated rings. The van der Waals surface area contributed by atoms with E-state index in [0.29, 0.717) is 0 Å². The molecule has 0 nitrogen and oxygen atoms in total. The summed E-state index contributed by atoms with van der Waals surface area (Å²) in [5.41, 5.74) is 5.10. The van der Waals surface area contributed by atoms with E-state index in [1.807, 2.05) is 6.08 Å². The molecule has 19 heavy (non-hydrogen) atoms. The fourth-order valence-electron chi connectivity index (χ4n) is 2.63. The van der Waals surface area contributed by atoms with E-state index in [1.165, 1.54) is 33.0 Å². The van der Waals surface area contributed by atoms with Crippen molar-refractivity contribution in [2.45, 2.75) is 20.8 Å². The second-order valence-electron chi connectivity index (χ2n) is 4.62. The minimum atomic E-state index is 1.22. The highest BCUT2D eigenvalue weighted by Crippen LogP contribution is 2.32. The molecule has 0 bridgehead atoms. The van der Waals surface area contributed by atoms with Crippen LogP contribution in [0.15, 0.2) is 43.0 Å². The van der Waals surface area contributed by atoms with Crippen LogP contribution in [0.3, 0.4) is 0 Å². The first kappa shape index (κ1) is 13.4. The zero-order valence-electron chi connectivity index (χ0n) is 11.9. The molecule has 0 heteroatoms. The van der Waals surface area contributed by atoms with E-state index >= 15 is 0 Å². The molecule has 0 aliphatic rings. The van der Waals surface area contributed by atoms with Gasteiger partial charge in [-0.05, 0) is 53.8 Å². The van der Waals surface area contributed by atoms with Gasteiger partial charge in [0.2, 0.25) is 0 Å². The van der Waals surface area contributed by atoms with E-state index in [0.717, 1.165) is 0 Å². The monoisotopic (exact) mass is 248 g/mol. The molecule has 0 saturated carbocycles. The largest absolute Gasteiger partial charge is 0.0984 e. The quantitative estimate of drug-likeness (QED) is 0.638. The van der Waals surface area contributed by atoms with Crippen LogP contribution >= 0.6 is 0 Å². The van der Waals surface area contributed by atoms with Crippen molar-refractivity contribution in [3.63, 3.8) is 0 Å². The van der Waals surface area contributed by atoms with Crippen LogP contribution in [0.4, 0.5) is 0 Å². The standard InChI is InChI=1S/C19H20/c1-5-10-16-14(4)17(11-6-2)19-13-9-8-12-18(19)15(16)7-3/h5-13H,3H2,1-2,4H3/b10-5-,11-6-. The van der Waals surface area contributed by atoms with E-state index in [2.05, 4.69) is 75.9 Å². The molecular weight excluding hydrogens is 228 g/mol. The Balaban J connectivity index is 3.02. The lowest BCUT2D eigenvalue weighted by atomic mass is 9.89. The summed E-state index contributed by atoms with van der Waals surface area (Å²) in [6.45, 7) is 10.3. The van der Waals surface area contributed by atoms with Crippen molar-refractivity contribution >= 4 is 29.0 Å². The van der Waals surface area contributed by atoms with E-state index in [9.17, 15) is 0 Å². The van der Waals surface area contributed by atoms with Gasteiger partial charge in [0.15, 0.2) is 0 Å². The Bertz CT molecular complexity index is 670. The van der Waals surface area contributed by atoms with Gasteiger partial charge in [0.1, 0.15) is 0 Å². The number of hydrogen-bond donors (Lipinski definition) is 0. The Morgan fingerprint density at radius 1 is 0.842 bits per heavy atom. The minimum Gasteiger partial charge on any atom is -0.0984 e. The first-order valence-electron chi connectivity index (χ1n) is 6.67. The van der Waals surface area contributed by atoms with Crippen molar-refractivity contribution < 1.29 is 0 Å². The average Bonchev–Trinajstić information content (AvgIpc) is 2.44. The summed E-state index contributed by atoms with van der Waals surface area (Å²) < 4.78 is 0.